The van der Waals surface area contributed by atoms with Crippen molar-refractivity contribution in [2.24, 2.45) is 0 Å². The summed E-state index contributed by atoms with van der Waals surface area (Å²) in [6, 6.07) is 7.39. The number of ether oxygens (including phenoxy) is 2. The molecule has 30 heavy (non-hydrogen) atoms. The zero-order valence-corrected chi connectivity index (χ0v) is 17.5. The lowest BCUT2D eigenvalue weighted by Crippen LogP contribution is -2.43. The van der Waals surface area contributed by atoms with Gasteiger partial charge < -0.3 is 19.7 Å². The van der Waals surface area contributed by atoms with Gasteiger partial charge in [0.1, 0.15) is 0 Å². The number of benzene rings is 1. The van der Waals surface area contributed by atoms with Crippen LogP contribution in [0.3, 0.4) is 0 Å². The zero-order valence-electron chi connectivity index (χ0n) is 16.6. The Hall–Kier alpha value is -2.53. The average Bonchev–Trinajstić information content (AvgIpc) is 3.24. The predicted octanol–water partition coefficient (Wildman–Crippen LogP) is 1.94. The number of aromatic nitrogens is 1. The first-order valence-electron chi connectivity index (χ1n) is 9.97. The van der Waals surface area contributed by atoms with E-state index in [4.69, 9.17) is 9.47 Å². The van der Waals surface area contributed by atoms with Gasteiger partial charge in [-0.15, -0.1) is 11.3 Å². The number of amides is 3. The zero-order chi connectivity index (χ0) is 20.8. The summed E-state index contributed by atoms with van der Waals surface area (Å²) in [6.07, 6.45) is 0. The molecule has 3 amide bonds. The van der Waals surface area contributed by atoms with Crippen LogP contribution in [-0.2, 0) is 14.3 Å². The molecule has 1 aromatic heterocycles. The van der Waals surface area contributed by atoms with Crippen molar-refractivity contribution in [3.05, 3.63) is 29.6 Å². The van der Waals surface area contributed by atoms with Crippen LogP contribution < -0.4 is 10.6 Å². The highest BCUT2D eigenvalue weighted by molar-refractivity contribution is 7.14. The Morgan fingerprint density at radius 1 is 1.03 bits per heavy atom. The van der Waals surface area contributed by atoms with E-state index in [9.17, 15) is 9.59 Å². The Morgan fingerprint density at radius 3 is 2.53 bits per heavy atom. The highest BCUT2D eigenvalue weighted by Crippen LogP contribution is 2.27. The predicted molar refractivity (Wildman–Crippen MR) is 115 cm³/mol. The number of anilines is 2. The van der Waals surface area contributed by atoms with E-state index < -0.39 is 0 Å². The Balaban J connectivity index is 1.35. The lowest BCUT2D eigenvalue weighted by atomic mass is 10.1. The SMILES string of the molecule is O=C(CN1CCOCC1)Nc1cccc(-c2csc(NC(=O)N3CCOCC3)n2)c1. The van der Waals surface area contributed by atoms with Crippen LogP contribution in [0.25, 0.3) is 11.3 Å². The van der Waals surface area contributed by atoms with Gasteiger partial charge in [0.2, 0.25) is 5.91 Å². The third-order valence-electron chi connectivity index (χ3n) is 4.93. The molecular formula is C20H25N5O4S. The normalized spacial score (nSPS) is 17.5. The van der Waals surface area contributed by atoms with Gasteiger partial charge in [-0.3, -0.25) is 15.0 Å². The lowest BCUT2D eigenvalue weighted by Gasteiger charge is -2.26. The number of urea groups is 1. The van der Waals surface area contributed by atoms with Gasteiger partial charge in [0.15, 0.2) is 5.13 Å². The number of hydrogen-bond acceptors (Lipinski definition) is 7. The number of carbonyl (C=O) groups is 2. The molecule has 2 saturated heterocycles. The van der Waals surface area contributed by atoms with Gasteiger partial charge >= 0.3 is 6.03 Å². The number of carbonyl (C=O) groups excluding carboxylic acids is 2. The van der Waals surface area contributed by atoms with Crippen LogP contribution in [0.1, 0.15) is 0 Å². The van der Waals surface area contributed by atoms with E-state index in [1.165, 1.54) is 11.3 Å². The second-order valence-corrected chi connectivity index (χ2v) is 7.94. The number of nitrogens with one attached hydrogen (secondary N) is 2. The fourth-order valence-electron chi connectivity index (χ4n) is 3.32. The van der Waals surface area contributed by atoms with Crippen LogP contribution in [0.15, 0.2) is 29.6 Å². The Bertz CT molecular complexity index is 878. The van der Waals surface area contributed by atoms with Gasteiger partial charge in [0.05, 0.1) is 38.7 Å². The molecule has 0 spiro atoms. The first-order chi connectivity index (χ1) is 14.7. The summed E-state index contributed by atoms with van der Waals surface area (Å²) in [5.41, 5.74) is 2.35. The van der Waals surface area contributed by atoms with E-state index in [2.05, 4.69) is 20.5 Å². The van der Waals surface area contributed by atoms with E-state index >= 15 is 0 Å². The Labute approximate surface area is 179 Å². The fourth-order valence-corrected chi connectivity index (χ4v) is 4.03. The molecule has 4 rings (SSSR count). The molecule has 0 aliphatic carbocycles. The smallest absolute Gasteiger partial charge is 0.323 e. The monoisotopic (exact) mass is 431 g/mol. The average molecular weight is 432 g/mol. The number of hydrogen-bond donors (Lipinski definition) is 2. The summed E-state index contributed by atoms with van der Waals surface area (Å²) in [4.78, 5) is 33.0. The maximum atomic E-state index is 12.3. The standard InChI is InChI=1S/C20H25N5O4S/c26-18(13-24-4-8-28-9-5-24)21-16-3-1-2-15(12-16)17-14-30-19(22-17)23-20(27)25-6-10-29-11-7-25/h1-3,12,14H,4-11,13H2,(H,21,26)(H,22,23,27). The Morgan fingerprint density at radius 2 is 1.77 bits per heavy atom. The van der Waals surface area contributed by atoms with Crippen LogP contribution in [0.5, 0.6) is 0 Å². The molecule has 0 saturated carbocycles. The van der Waals surface area contributed by atoms with Crippen molar-refractivity contribution in [3.63, 3.8) is 0 Å². The molecule has 9 nitrogen and oxygen atoms in total. The van der Waals surface area contributed by atoms with Crippen LogP contribution in [0, 0.1) is 0 Å². The van der Waals surface area contributed by atoms with Crippen molar-refractivity contribution in [2.75, 3.05) is 69.8 Å². The van der Waals surface area contributed by atoms with Crippen molar-refractivity contribution in [1.29, 1.82) is 0 Å². The third kappa shape index (κ3) is 5.54. The van der Waals surface area contributed by atoms with Crippen molar-refractivity contribution in [1.82, 2.24) is 14.8 Å². The lowest BCUT2D eigenvalue weighted by molar-refractivity contribution is -0.118. The Kier molecular flexibility index (Phi) is 6.90. The summed E-state index contributed by atoms with van der Waals surface area (Å²) in [7, 11) is 0. The largest absolute Gasteiger partial charge is 0.379 e. The molecule has 2 N–H and O–H groups in total. The number of rotatable bonds is 5. The van der Waals surface area contributed by atoms with Gasteiger partial charge in [-0.2, -0.15) is 0 Å². The van der Waals surface area contributed by atoms with Gasteiger partial charge in [0, 0.05) is 42.8 Å². The van der Waals surface area contributed by atoms with Crippen molar-refractivity contribution < 1.29 is 19.1 Å². The van der Waals surface area contributed by atoms with Crippen LogP contribution >= 0.6 is 11.3 Å². The maximum Gasteiger partial charge on any atom is 0.323 e. The molecule has 0 unspecified atom stereocenters. The molecule has 0 radical (unpaired) electrons. The highest BCUT2D eigenvalue weighted by Gasteiger charge is 2.18. The van der Waals surface area contributed by atoms with Gasteiger partial charge in [-0.05, 0) is 12.1 Å². The molecule has 160 valence electrons. The van der Waals surface area contributed by atoms with E-state index in [0.29, 0.717) is 51.2 Å². The van der Waals surface area contributed by atoms with Crippen molar-refractivity contribution in [2.45, 2.75) is 0 Å². The van der Waals surface area contributed by atoms with Crippen LogP contribution in [0.2, 0.25) is 0 Å². The molecule has 1 aromatic carbocycles. The van der Waals surface area contributed by atoms with Gasteiger partial charge in [-0.1, -0.05) is 12.1 Å². The summed E-state index contributed by atoms with van der Waals surface area (Å²) < 4.78 is 10.6. The minimum atomic E-state index is -0.164. The summed E-state index contributed by atoms with van der Waals surface area (Å²) in [5.74, 6) is -0.0502. The van der Waals surface area contributed by atoms with Gasteiger partial charge in [-0.25, -0.2) is 9.78 Å². The topological polar surface area (TPSA) is 96.0 Å². The fraction of sp³-hybridized carbons (Fsp3) is 0.450. The maximum absolute atomic E-state index is 12.3. The number of thiazole rings is 1. The summed E-state index contributed by atoms with van der Waals surface area (Å²) in [6.45, 7) is 5.49. The second-order valence-electron chi connectivity index (χ2n) is 7.08. The number of morpholine rings is 2. The first kappa shape index (κ1) is 20.7. The molecule has 3 heterocycles. The molecular weight excluding hydrogens is 406 g/mol. The van der Waals surface area contributed by atoms with Crippen LogP contribution in [0.4, 0.5) is 15.6 Å². The minimum absolute atomic E-state index is 0.0502. The van der Waals surface area contributed by atoms with E-state index in [1.54, 1.807) is 4.90 Å². The summed E-state index contributed by atoms with van der Waals surface area (Å²) in [5, 5.41) is 8.23. The summed E-state index contributed by atoms with van der Waals surface area (Å²) >= 11 is 1.37. The third-order valence-corrected chi connectivity index (χ3v) is 5.69. The first-order valence-corrected chi connectivity index (χ1v) is 10.8. The number of nitrogens with zero attached hydrogens (tertiary/aromatic N) is 3. The van der Waals surface area contributed by atoms with E-state index in [-0.39, 0.29) is 11.9 Å². The van der Waals surface area contributed by atoms with E-state index in [1.807, 2.05) is 29.6 Å². The second kappa shape index (κ2) is 9.98. The molecule has 10 heteroatoms. The van der Waals surface area contributed by atoms with Crippen molar-refractivity contribution >= 4 is 34.1 Å². The molecule has 0 bridgehead atoms. The quantitative estimate of drug-likeness (QED) is 0.751. The minimum Gasteiger partial charge on any atom is -0.379 e. The van der Waals surface area contributed by atoms with Crippen LogP contribution in [-0.4, -0.2) is 85.9 Å². The molecule has 2 aliphatic heterocycles. The van der Waals surface area contributed by atoms with Crippen molar-refractivity contribution in [3.8, 4) is 11.3 Å². The molecule has 2 fully saturated rings. The molecule has 0 atom stereocenters. The molecule has 2 aliphatic rings. The molecule has 2 aromatic rings. The van der Waals surface area contributed by atoms with E-state index in [0.717, 1.165) is 30.0 Å². The van der Waals surface area contributed by atoms with Gasteiger partial charge in [0.25, 0.3) is 0 Å². The highest BCUT2D eigenvalue weighted by atomic mass is 32.1.